The van der Waals surface area contributed by atoms with Gasteiger partial charge < -0.3 is 14.9 Å². The molecule has 2 rings (SSSR count). The number of benzene rings is 1. The van der Waals surface area contributed by atoms with Crippen molar-refractivity contribution in [1.82, 2.24) is 9.80 Å². The highest BCUT2D eigenvalue weighted by Crippen LogP contribution is 2.24. The van der Waals surface area contributed by atoms with Gasteiger partial charge in [-0.15, -0.1) is 0 Å². The minimum atomic E-state index is -0.124. The van der Waals surface area contributed by atoms with E-state index in [1.165, 1.54) is 12.1 Å². The quantitative estimate of drug-likeness (QED) is 0.932. The Labute approximate surface area is 124 Å². The fourth-order valence-electron chi connectivity index (χ4n) is 2.66. The highest BCUT2D eigenvalue weighted by atomic mass is 35.5. The Hall–Kier alpha value is -1.26. The molecule has 1 amide bonds. The molecule has 0 unspecified atom stereocenters. The van der Waals surface area contributed by atoms with Crippen molar-refractivity contribution in [3.8, 4) is 5.75 Å². The predicted molar refractivity (Wildman–Crippen MR) is 80.3 cm³/mol. The summed E-state index contributed by atoms with van der Waals surface area (Å²) < 4.78 is 0. The van der Waals surface area contributed by atoms with Crippen molar-refractivity contribution >= 4 is 17.5 Å². The number of hydrogen-bond acceptors (Lipinski definition) is 3. The number of likely N-dealkylation sites (tertiary alicyclic amines) is 1. The van der Waals surface area contributed by atoms with Crippen molar-refractivity contribution in [3.05, 3.63) is 28.8 Å². The molecule has 1 aliphatic heterocycles. The highest BCUT2D eigenvalue weighted by molar-refractivity contribution is 6.33. The van der Waals surface area contributed by atoms with Crippen LogP contribution in [0, 0.1) is 0 Å². The number of piperidine rings is 1. The average molecular weight is 297 g/mol. The first kappa shape index (κ1) is 15.1. The number of amides is 1. The van der Waals surface area contributed by atoms with Crippen LogP contribution in [0.15, 0.2) is 18.2 Å². The van der Waals surface area contributed by atoms with Crippen LogP contribution in [0.4, 0.5) is 0 Å². The number of phenols is 1. The highest BCUT2D eigenvalue weighted by Gasteiger charge is 2.26. The lowest BCUT2D eigenvalue weighted by Gasteiger charge is -2.36. The Morgan fingerprint density at radius 2 is 2.10 bits per heavy atom. The van der Waals surface area contributed by atoms with E-state index >= 15 is 0 Å². The monoisotopic (exact) mass is 296 g/mol. The Bertz CT molecular complexity index is 485. The Balaban J connectivity index is 2.07. The summed E-state index contributed by atoms with van der Waals surface area (Å²) in [6, 6.07) is 4.71. The Morgan fingerprint density at radius 1 is 1.45 bits per heavy atom. The van der Waals surface area contributed by atoms with Crippen molar-refractivity contribution in [2.75, 3.05) is 26.7 Å². The average Bonchev–Trinajstić information content (AvgIpc) is 2.48. The van der Waals surface area contributed by atoms with Gasteiger partial charge in [0, 0.05) is 26.2 Å². The van der Waals surface area contributed by atoms with Gasteiger partial charge in [0.15, 0.2) is 0 Å². The van der Waals surface area contributed by atoms with Gasteiger partial charge in [-0.3, -0.25) is 4.79 Å². The molecule has 0 saturated carbocycles. The second kappa shape index (κ2) is 6.46. The van der Waals surface area contributed by atoms with Crippen LogP contribution in [0.1, 0.15) is 30.1 Å². The first-order chi connectivity index (χ1) is 9.52. The van der Waals surface area contributed by atoms with Gasteiger partial charge in [0.2, 0.25) is 0 Å². The van der Waals surface area contributed by atoms with Gasteiger partial charge in [0.25, 0.3) is 5.91 Å². The molecule has 1 N–H and O–H groups in total. The summed E-state index contributed by atoms with van der Waals surface area (Å²) in [6.45, 7) is 5.25. The van der Waals surface area contributed by atoms with Gasteiger partial charge >= 0.3 is 0 Å². The molecule has 0 radical (unpaired) electrons. The molecule has 20 heavy (non-hydrogen) atoms. The van der Waals surface area contributed by atoms with E-state index in [1.807, 2.05) is 7.05 Å². The summed E-state index contributed by atoms with van der Waals surface area (Å²) in [5.41, 5.74) is 0.368. The van der Waals surface area contributed by atoms with E-state index in [9.17, 15) is 9.90 Å². The third-order valence-corrected chi connectivity index (χ3v) is 4.38. The molecule has 1 saturated heterocycles. The first-order valence-electron chi connectivity index (χ1n) is 7.01. The molecule has 1 fully saturated rings. The molecule has 1 aromatic carbocycles. The van der Waals surface area contributed by atoms with E-state index < -0.39 is 0 Å². The molecule has 1 aromatic rings. The molecule has 5 heteroatoms. The van der Waals surface area contributed by atoms with Crippen LogP contribution in [0.2, 0.25) is 5.02 Å². The molecule has 110 valence electrons. The standard InChI is InChI=1S/C15H21ClN2O2/c1-3-18-8-6-11(7-9-18)17(2)15(20)13-10-12(19)4-5-14(13)16/h4-5,10-11,19H,3,6-9H2,1-2H3. The summed E-state index contributed by atoms with van der Waals surface area (Å²) in [5, 5.41) is 9.89. The van der Waals surface area contributed by atoms with Gasteiger partial charge in [-0.2, -0.15) is 0 Å². The summed E-state index contributed by atoms with van der Waals surface area (Å²) in [4.78, 5) is 16.6. The van der Waals surface area contributed by atoms with Crippen molar-refractivity contribution < 1.29 is 9.90 Å². The zero-order valence-corrected chi connectivity index (χ0v) is 12.7. The van der Waals surface area contributed by atoms with E-state index in [0.29, 0.717) is 10.6 Å². The van der Waals surface area contributed by atoms with Crippen LogP contribution >= 0.6 is 11.6 Å². The third-order valence-electron chi connectivity index (χ3n) is 4.05. The third kappa shape index (κ3) is 3.25. The Kier molecular flexibility index (Phi) is 4.89. The van der Waals surface area contributed by atoms with Crippen molar-refractivity contribution in [3.63, 3.8) is 0 Å². The van der Waals surface area contributed by atoms with E-state index in [4.69, 9.17) is 11.6 Å². The number of carbonyl (C=O) groups excluding carboxylic acids is 1. The molecule has 4 nitrogen and oxygen atoms in total. The second-order valence-corrected chi connectivity index (χ2v) is 5.65. The molecular formula is C15H21ClN2O2. The lowest BCUT2D eigenvalue weighted by atomic mass is 10.0. The van der Waals surface area contributed by atoms with Gasteiger partial charge in [-0.05, 0) is 37.6 Å². The summed E-state index contributed by atoms with van der Waals surface area (Å²) in [6.07, 6.45) is 1.96. The maximum atomic E-state index is 12.5. The minimum absolute atomic E-state index is 0.0620. The van der Waals surface area contributed by atoms with Crippen LogP contribution in [-0.4, -0.2) is 53.5 Å². The topological polar surface area (TPSA) is 43.8 Å². The molecule has 0 spiro atoms. The van der Waals surface area contributed by atoms with Gasteiger partial charge in [-0.1, -0.05) is 18.5 Å². The largest absolute Gasteiger partial charge is 0.508 e. The SMILES string of the molecule is CCN1CCC(N(C)C(=O)c2cc(O)ccc2Cl)CC1. The molecular weight excluding hydrogens is 276 g/mol. The number of aromatic hydroxyl groups is 1. The number of phenolic OH excluding ortho intramolecular Hbond substituents is 1. The smallest absolute Gasteiger partial charge is 0.255 e. The zero-order valence-electron chi connectivity index (χ0n) is 12.0. The number of nitrogens with zero attached hydrogens (tertiary/aromatic N) is 2. The first-order valence-corrected chi connectivity index (χ1v) is 7.38. The van der Waals surface area contributed by atoms with Gasteiger partial charge in [0.05, 0.1) is 10.6 Å². The zero-order chi connectivity index (χ0) is 14.7. The van der Waals surface area contributed by atoms with Gasteiger partial charge in [-0.25, -0.2) is 0 Å². The second-order valence-electron chi connectivity index (χ2n) is 5.25. The number of carbonyl (C=O) groups is 1. The maximum absolute atomic E-state index is 12.5. The maximum Gasteiger partial charge on any atom is 0.255 e. The normalized spacial score (nSPS) is 17.1. The van der Waals surface area contributed by atoms with E-state index in [2.05, 4.69) is 11.8 Å². The molecule has 0 atom stereocenters. The molecule has 1 heterocycles. The molecule has 0 bridgehead atoms. The lowest BCUT2D eigenvalue weighted by Crippen LogP contribution is -2.45. The van der Waals surface area contributed by atoms with Crippen LogP contribution < -0.4 is 0 Å². The van der Waals surface area contributed by atoms with Crippen LogP contribution in [0.3, 0.4) is 0 Å². The van der Waals surface area contributed by atoms with Crippen LogP contribution in [0.5, 0.6) is 5.75 Å². The van der Waals surface area contributed by atoms with Crippen LogP contribution in [0.25, 0.3) is 0 Å². The minimum Gasteiger partial charge on any atom is -0.508 e. The van der Waals surface area contributed by atoms with E-state index in [1.54, 1.807) is 11.0 Å². The summed E-state index contributed by atoms with van der Waals surface area (Å²) in [7, 11) is 1.81. The van der Waals surface area contributed by atoms with Crippen molar-refractivity contribution in [2.45, 2.75) is 25.8 Å². The summed E-state index contributed by atoms with van der Waals surface area (Å²) in [5.74, 6) is -0.0622. The summed E-state index contributed by atoms with van der Waals surface area (Å²) >= 11 is 6.05. The van der Waals surface area contributed by atoms with Gasteiger partial charge in [0.1, 0.15) is 5.75 Å². The number of hydrogen-bond donors (Lipinski definition) is 1. The fourth-order valence-corrected chi connectivity index (χ4v) is 2.85. The number of halogens is 1. The number of rotatable bonds is 3. The lowest BCUT2D eigenvalue weighted by molar-refractivity contribution is 0.0646. The molecule has 0 aliphatic carbocycles. The molecule has 0 aromatic heterocycles. The van der Waals surface area contributed by atoms with E-state index in [0.717, 1.165) is 32.5 Å². The van der Waals surface area contributed by atoms with Crippen LogP contribution in [-0.2, 0) is 0 Å². The van der Waals surface area contributed by atoms with Crippen molar-refractivity contribution in [2.24, 2.45) is 0 Å². The predicted octanol–water partition coefficient (Wildman–Crippen LogP) is 2.60. The Morgan fingerprint density at radius 3 is 2.70 bits per heavy atom. The van der Waals surface area contributed by atoms with Crippen molar-refractivity contribution in [1.29, 1.82) is 0 Å². The fraction of sp³-hybridized carbons (Fsp3) is 0.533. The van der Waals surface area contributed by atoms with E-state index in [-0.39, 0.29) is 17.7 Å². The molecule has 1 aliphatic rings.